The van der Waals surface area contributed by atoms with E-state index in [0.29, 0.717) is 0 Å². The maximum Gasteiger partial charge on any atom is 0.0498 e. The zero-order valence-corrected chi connectivity index (χ0v) is 5.33. The van der Waals surface area contributed by atoms with E-state index in [0.717, 1.165) is 10.4 Å². The highest BCUT2D eigenvalue weighted by Gasteiger charge is 1.81. The van der Waals surface area contributed by atoms with Crippen molar-refractivity contribution in [2.45, 2.75) is 0 Å². The standard InChI is InChI=1S/C9H5N/c1-2-4-9-7-10-6-5-8(9)3-1/h1-2,5-7H. The van der Waals surface area contributed by atoms with Crippen molar-refractivity contribution in [2.24, 2.45) is 0 Å². The Bertz CT molecular complexity index is 387. The Morgan fingerprint density at radius 2 is 1.90 bits per heavy atom. The van der Waals surface area contributed by atoms with Gasteiger partial charge in [-0.05, 0) is 18.2 Å². The number of nitrogens with zero attached hydrogens (tertiary/aromatic N) is 1. The van der Waals surface area contributed by atoms with Crippen LogP contribution in [0, 0.1) is 0 Å². The average molecular weight is 127 g/mol. The predicted octanol–water partition coefficient (Wildman–Crippen LogP) is -0.0336. The fraction of sp³-hybridized carbons (Fsp3) is 0. The molecule has 1 heterocycles. The minimum absolute atomic E-state index is 1.02. The van der Waals surface area contributed by atoms with E-state index in [1.165, 1.54) is 0 Å². The first kappa shape index (κ1) is 5.25. The highest BCUT2D eigenvalue weighted by atomic mass is 14.6. The topological polar surface area (TPSA) is 12.9 Å². The van der Waals surface area contributed by atoms with E-state index in [-0.39, 0.29) is 0 Å². The number of hydrogen-bond donors (Lipinski definition) is 0. The van der Waals surface area contributed by atoms with Gasteiger partial charge in [0.05, 0.1) is 0 Å². The Balaban J connectivity index is 3.15. The molecule has 46 valence electrons. The first-order valence-electron chi connectivity index (χ1n) is 3.09. The van der Waals surface area contributed by atoms with Crippen LogP contribution in [-0.4, -0.2) is 4.98 Å². The Labute approximate surface area is 58.3 Å². The molecule has 1 heteroatoms. The van der Waals surface area contributed by atoms with Crippen molar-refractivity contribution in [3.63, 3.8) is 0 Å². The zero-order valence-electron chi connectivity index (χ0n) is 5.33. The van der Waals surface area contributed by atoms with Gasteiger partial charge in [-0.3, -0.25) is 4.98 Å². The molecule has 10 heavy (non-hydrogen) atoms. The predicted molar refractivity (Wildman–Crippen MR) is 39.4 cm³/mol. The highest BCUT2D eigenvalue weighted by Crippen LogP contribution is 1.71. The third kappa shape index (κ3) is 0.708. The summed E-state index contributed by atoms with van der Waals surface area (Å²) in [5.74, 6) is 0. The molecule has 0 saturated heterocycles. The number of pyridine rings is 1. The lowest BCUT2D eigenvalue weighted by atomic mass is 10.3. The molecule has 0 unspecified atom stereocenters. The molecular weight excluding hydrogens is 122 g/mol. The molecule has 0 radical (unpaired) electrons. The molecule has 0 aromatic carbocycles. The van der Waals surface area contributed by atoms with Crippen LogP contribution in [-0.2, 0) is 0 Å². The minimum atomic E-state index is 1.02. The van der Waals surface area contributed by atoms with Crippen molar-refractivity contribution < 1.29 is 0 Å². The van der Waals surface area contributed by atoms with Crippen molar-refractivity contribution in [3.8, 4) is 0 Å². The van der Waals surface area contributed by atoms with Crippen LogP contribution in [0.15, 0.2) is 30.6 Å². The van der Waals surface area contributed by atoms with Crippen molar-refractivity contribution >= 4 is 11.5 Å². The molecule has 0 fully saturated rings. The second kappa shape index (κ2) is 2.00. The lowest BCUT2D eigenvalue weighted by molar-refractivity contribution is 1.28. The van der Waals surface area contributed by atoms with Gasteiger partial charge in [0.15, 0.2) is 0 Å². The van der Waals surface area contributed by atoms with Gasteiger partial charge in [-0.1, -0.05) is 0 Å². The lowest BCUT2D eigenvalue weighted by Crippen LogP contribution is -2.22. The Kier molecular flexibility index (Phi) is 1.05. The fourth-order valence-corrected chi connectivity index (χ4v) is 0.898. The summed E-state index contributed by atoms with van der Waals surface area (Å²) in [4.78, 5) is 3.96. The molecule has 1 aliphatic carbocycles. The molecule has 1 nitrogen and oxygen atoms in total. The van der Waals surface area contributed by atoms with Crippen LogP contribution < -0.4 is 10.4 Å². The van der Waals surface area contributed by atoms with Gasteiger partial charge in [0.1, 0.15) is 0 Å². The molecule has 0 spiro atoms. The lowest BCUT2D eigenvalue weighted by Gasteiger charge is -1.83. The highest BCUT2D eigenvalue weighted by molar-refractivity contribution is 5.38. The Morgan fingerprint density at radius 1 is 1.10 bits per heavy atom. The quantitative estimate of drug-likeness (QED) is 0.477. The molecule has 0 aliphatic heterocycles. The number of aromatic nitrogens is 1. The van der Waals surface area contributed by atoms with E-state index >= 15 is 0 Å². The van der Waals surface area contributed by atoms with Gasteiger partial charge < -0.3 is 0 Å². The molecule has 0 bridgehead atoms. The molecule has 2 rings (SSSR count). The van der Waals surface area contributed by atoms with Gasteiger partial charge in [-0.2, -0.15) is 0 Å². The fourth-order valence-electron chi connectivity index (χ4n) is 0.898. The molecule has 1 aromatic heterocycles. The van der Waals surface area contributed by atoms with Crippen LogP contribution in [0.4, 0.5) is 0 Å². The largest absolute Gasteiger partial charge is 0.263 e. The van der Waals surface area contributed by atoms with Crippen LogP contribution in [0.5, 0.6) is 0 Å². The second-order valence-corrected chi connectivity index (χ2v) is 2.04. The minimum Gasteiger partial charge on any atom is -0.263 e. The molecule has 1 aromatic rings. The van der Waals surface area contributed by atoms with Crippen molar-refractivity contribution in [2.75, 3.05) is 0 Å². The maximum absolute atomic E-state index is 3.96. The van der Waals surface area contributed by atoms with E-state index in [9.17, 15) is 0 Å². The maximum atomic E-state index is 3.96. The summed E-state index contributed by atoms with van der Waals surface area (Å²) >= 11 is 0. The SMILES string of the molecule is C1=CC=C=c2cnccc2=1. The molecule has 0 amide bonds. The summed E-state index contributed by atoms with van der Waals surface area (Å²) in [7, 11) is 0. The summed E-state index contributed by atoms with van der Waals surface area (Å²) in [6, 6.07) is 1.92. The van der Waals surface area contributed by atoms with Crippen LogP contribution in [0.25, 0.3) is 11.5 Å². The number of hydrogen-bond acceptors (Lipinski definition) is 1. The van der Waals surface area contributed by atoms with Crippen molar-refractivity contribution in [3.05, 3.63) is 41.0 Å². The summed E-state index contributed by atoms with van der Waals surface area (Å²) in [5.41, 5.74) is 6.14. The number of allylic oxidation sites excluding steroid dienone is 2. The number of rotatable bonds is 0. The smallest absolute Gasteiger partial charge is 0.0498 e. The summed E-state index contributed by atoms with van der Waals surface area (Å²) in [6.07, 6.45) is 7.23. The first-order valence-corrected chi connectivity index (χ1v) is 3.09. The van der Waals surface area contributed by atoms with E-state index in [1.54, 1.807) is 12.4 Å². The monoisotopic (exact) mass is 127 g/mol. The van der Waals surface area contributed by atoms with E-state index in [1.807, 2.05) is 18.2 Å². The molecular formula is C9H5N. The van der Waals surface area contributed by atoms with Gasteiger partial charge >= 0.3 is 0 Å². The van der Waals surface area contributed by atoms with E-state index < -0.39 is 0 Å². The van der Waals surface area contributed by atoms with Gasteiger partial charge in [0, 0.05) is 22.8 Å². The molecule has 0 N–H and O–H groups in total. The average Bonchev–Trinajstić information content (AvgIpc) is 2.05. The summed E-state index contributed by atoms with van der Waals surface area (Å²) in [5, 5.41) is 2.09. The normalized spacial score (nSPS) is 11.6. The van der Waals surface area contributed by atoms with Crippen LogP contribution >= 0.6 is 0 Å². The van der Waals surface area contributed by atoms with Crippen molar-refractivity contribution in [1.82, 2.24) is 4.98 Å². The van der Waals surface area contributed by atoms with Gasteiger partial charge in [-0.15, -0.1) is 11.5 Å². The van der Waals surface area contributed by atoms with E-state index in [4.69, 9.17) is 0 Å². The molecule has 0 saturated carbocycles. The van der Waals surface area contributed by atoms with Crippen molar-refractivity contribution in [1.29, 1.82) is 0 Å². The zero-order chi connectivity index (χ0) is 6.81. The van der Waals surface area contributed by atoms with Crippen LogP contribution in [0.2, 0.25) is 0 Å². The Morgan fingerprint density at radius 3 is 2.70 bits per heavy atom. The van der Waals surface area contributed by atoms with Gasteiger partial charge in [0.25, 0.3) is 0 Å². The Hall–Kier alpha value is -1.55. The third-order valence-corrected chi connectivity index (χ3v) is 1.38. The van der Waals surface area contributed by atoms with Gasteiger partial charge in [-0.25, -0.2) is 0 Å². The van der Waals surface area contributed by atoms with Crippen LogP contribution in [0.3, 0.4) is 0 Å². The summed E-state index contributed by atoms with van der Waals surface area (Å²) < 4.78 is 0. The van der Waals surface area contributed by atoms with Gasteiger partial charge in [0.2, 0.25) is 0 Å². The van der Waals surface area contributed by atoms with E-state index in [2.05, 4.69) is 16.4 Å². The second-order valence-electron chi connectivity index (χ2n) is 2.04. The molecule has 1 aliphatic rings. The third-order valence-electron chi connectivity index (χ3n) is 1.38. The number of fused-ring (bicyclic) bond motifs is 1. The first-order chi connectivity index (χ1) is 4.97. The molecule has 0 atom stereocenters. The van der Waals surface area contributed by atoms with Crippen LogP contribution in [0.1, 0.15) is 0 Å². The summed E-state index contributed by atoms with van der Waals surface area (Å²) in [6.45, 7) is 0.